The van der Waals surface area contributed by atoms with Gasteiger partial charge in [0.2, 0.25) is 0 Å². The summed E-state index contributed by atoms with van der Waals surface area (Å²) in [6, 6.07) is 4.90. The molecule has 1 amide bonds. The molecule has 0 bridgehead atoms. The summed E-state index contributed by atoms with van der Waals surface area (Å²) in [6.45, 7) is 5.15. The summed E-state index contributed by atoms with van der Waals surface area (Å²) >= 11 is 0. The summed E-state index contributed by atoms with van der Waals surface area (Å²) in [5, 5.41) is 12.1. The van der Waals surface area contributed by atoms with Crippen LogP contribution in [0.25, 0.3) is 0 Å². The number of anilines is 1. The number of phenolic OH excluding ortho intramolecular Hbond substituents is 1. The van der Waals surface area contributed by atoms with E-state index in [4.69, 9.17) is 4.74 Å². The van der Waals surface area contributed by atoms with Crippen LogP contribution in [0.15, 0.2) is 18.2 Å². The van der Waals surface area contributed by atoms with E-state index in [1.807, 2.05) is 0 Å². The third kappa shape index (κ3) is 2.73. The zero-order valence-corrected chi connectivity index (χ0v) is 10.00. The number of carbonyl (C=O) groups is 1. The van der Waals surface area contributed by atoms with Crippen molar-refractivity contribution in [2.24, 2.45) is 0 Å². The van der Waals surface area contributed by atoms with E-state index >= 15 is 0 Å². The van der Waals surface area contributed by atoms with Crippen LogP contribution in [0.5, 0.6) is 5.75 Å². The highest BCUT2D eigenvalue weighted by Crippen LogP contribution is 2.21. The molecule has 0 spiro atoms. The number of methoxy groups -OCH3 is 1. The lowest BCUT2D eigenvalue weighted by molar-refractivity contribution is -0.133. The van der Waals surface area contributed by atoms with Gasteiger partial charge < -0.3 is 15.2 Å². The molecular weight excluding hydrogens is 206 g/mol. The Hall–Kier alpha value is -1.55. The maximum Gasteiger partial charge on any atom is 0.256 e. The van der Waals surface area contributed by atoms with Crippen LogP contribution in [-0.4, -0.2) is 23.7 Å². The van der Waals surface area contributed by atoms with Crippen molar-refractivity contribution >= 4 is 11.6 Å². The Balaban J connectivity index is 2.82. The van der Waals surface area contributed by atoms with Crippen LogP contribution in [0.4, 0.5) is 5.69 Å². The van der Waals surface area contributed by atoms with E-state index in [1.54, 1.807) is 39.0 Å². The van der Waals surface area contributed by atoms with Crippen molar-refractivity contribution in [3.63, 3.8) is 0 Å². The number of aryl methyl sites for hydroxylation is 1. The van der Waals surface area contributed by atoms with Crippen molar-refractivity contribution in [1.29, 1.82) is 0 Å². The van der Waals surface area contributed by atoms with E-state index in [-0.39, 0.29) is 11.7 Å². The number of aromatic hydroxyl groups is 1. The maximum atomic E-state index is 11.8. The van der Waals surface area contributed by atoms with Crippen LogP contribution in [0.3, 0.4) is 0 Å². The molecule has 0 aliphatic rings. The van der Waals surface area contributed by atoms with Crippen molar-refractivity contribution in [3.8, 4) is 5.75 Å². The standard InChI is InChI=1S/C12H17NO3/c1-8-7-9(5-6-10(8)14)13-11(15)12(2,3)16-4/h5-7,14H,1-4H3,(H,13,15). The van der Waals surface area contributed by atoms with Crippen molar-refractivity contribution in [1.82, 2.24) is 0 Å². The number of ether oxygens (including phenoxy) is 1. The summed E-state index contributed by atoms with van der Waals surface area (Å²) in [4.78, 5) is 11.8. The minimum Gasteiger partial charge on any atom is -0.508 e. The number of phenols is 1. The predicted molar refractivity (Wildman–Crippen MR) is 62.6 cm³/mol. The third-order valence-corrected chi connectivity index (χ3v) is 2.51. The molecule has 0 aliphatic heterocycles. The number of nitrogens with one attached hydrogen (secondary N) is 1. The fourth-order valence-corrected chi connectivity index (χ4v) is 1.11. The summed E-state index contributed by atoms with van der Waals surface area (Å²) < 4.78 is 5.06. The van der Waals surface area contributed by atoms with E-state index in [9.17, 15) is 9.90 Å². The first-order valence-electron chi connectivity index (χ1n) is 5.03. The summed E-state index contributed by atoms with van der Waals surface area (Å²) in [5.74, 6) is -0.0101. The average molecular weight is 223 g/mol. The molecule has 16 heavy (non-hydrogen) atoms. The van der Waals surface area contributed by atoms with Gasteiger partial charge in [0.05, 0.1) is 0 Å². The van der Waals surface area contributed by atoms with Gasteiger partial charge in [0.15, 0.2) is 0 Å². The molecule has 88 valence electrons. The highest BCUT2D eigenvalue weighted by molar-refractivity contribution is 5.96. The molecule has 1 aromatic carbocycles. The second-order valence-corrected chi connectivity index (χ2v) is 4.17. The third-order valence-electron chi connectivity index (χ3n) is 2.51. The van der Waals surface area contributed by atoms with Crippen molar-refractivity contribution in [3.05, 3.63) is 23.8 Å². The van der Waals surface area contributed by atoms with Gasteiger partial charge in [-0.1, -0.05) is 0 Å². The fraction of sp³-hybridized carbons (Fsp3) is 0.417. The number of rotatable bonds is 3. The second kappa shape index (κ2) is 4.53. The van der Waals surface area contributed by atoms with Crippen LogP contribution >= 0.6 is 0 Å². The normalized spacial score (nSPS) is 11.2. The van der Waals surface area contributed by atoms with Crippen molar-refractivity contribution < 1.29 is 14.6 Å². The van der Waals surface area contributed by atoms with Crippen LogP contribution < -0.4 is 5.32 Å². The summed E-state index contributed by atoms with van der Waals surface area (Å²) in [7, 11) is 1.49. The monoisotopic (exact) mass is 223 g/mol. The Morgan fingerprint density at radius 2 is 2.06 bits per heavy atom. The van der Waals surface area contributed by atoms with E-state index in [0.29, 0.717) is 11.3 Å². The minimum atomic E-state index is -0.869. The Morgan fingerprint density at radius 1 is 1.44 bits per heavy atom. The Bertz CT molecular complexity index is 399. The molecule has 4 heteroatoms. The lowest BCUT2D eigenvalue weighted by Crippen LogP contribution is -2.38. The summed E-state index contributed by atoms with van der Waals surface area (Å²) in [6.07, 6.45) is 0. The Labute approximate surface area is 95.2 Å². The maximum absolute atomic E-state index is 11.8. The van der Waals surface area contributed by atoms with Crippen LogP contribution in [-0.2, 0) is 9.53 Å². The summed E-state index contributed by atoms with van der Waals surface area (Å²) in [5.41, 5.74) is 0.490. The quantitative estimate of drug-likeness (QED) is 0.771. The molecule has 0 fully saturated rings. The SMILES string of the molecule is COC(C)(C)C(=O)Nc1ccc(O)c(C)c1. The topological polar surface area (TPSA) is 58.6 Å². The minimum absolute atomic E-state index is 0.212. The molecular formula is C12H17NO3. The molecule has 0 heterocycles. The largest absolute Gasteiger partial charge is 0.508 e. The highest BCUT2D eigenvalue weighted by Gasteiger charge is 2.26. The molecule has 2 N–H and O–H groups in total. The molecule has 1 aromatic rings. The van der Waals surface area contributed by atoms with Gasteiger partial charge >= 0.3 is 0 Å². The number of carbonyl (C=O) groups excluding carboxylic acids is 1. The van der Waals surface area contributed by atoms with Crippen LogP contribution in [0.1, 0.15) is 19.4 Å². The molecule has 0 atom stereocenters. The van der Waals surface area contributed by atoms with E-state index in [0.717, 1.165) is 0 Å². The Kier molecular flexibility index (Phi) is 3.55. The number of benzene rings is 1. The van der Waals surface area contributed by atoms with E-state index < -0.39 is 5.60 Å². The van der Waals surface area contributed by atoms with Crippen molar-refractivity contribution in [2.75, 3.05) is 12.4 Å². The molecule has 4 nitrogen and oxygen atoms in total. The molecule has 0 unspecified atom stereocenters. The zero-order valence-electron chi connectivity index (χ0n) is 10.00. The second-order valence-electron chi connectivity index (χ2n) is 4.17. The van der Waals surface area contributed by atoms with Gasteiger partial charge in [-0.05, 0) is 44.5 Å². The fourth-order valence-electron chi connectivity index (χ4n) is 1.11. The van der Waals surface area contributed by atoms with Crippen molar-refractivity contribution in [2.45, 2.75) is 26.4 Å². The van der Waals surface area contributed by atoms with E-state index in [2.05, 4.69) is 5.32 Å². The number of hydrogen-bond acceptors (Lipinski definition) is 3. The van der Waals surface area contributed by atoms with Gasteiger partial charge in [0, 0.05) is 12.8 Å². The lowest BCUT2D eigenvalue weighted by atomic mass is 10.1. The first-order valence-corrected chi connectivity index (χ1v) is 5.03. The Morgan fingerprint density at radius 3 is 2.56 bits per heavy atom. The number of amides is 1. The molecule has 0 aliphatic carbocycles. The first kappa shape index (κ1) is 12.5. The van der Waals surface area contributed by atoms with Crippen LogP contribution in [0, 0.1) is 6.92 Å². The smallest absolute Gasteiger partial charge is 0.256 e. The van der Waals surface area contributed by atoms with Crippen LogP contribution in [0.2, 0.25) is 0 Å². The number of hydrogen-bond donors (Lipinski definition) is 2. The molecule has 0 saturated carbocycles. The van der Waals surface area contributed by atoms with Gasteiger partial charge in [0.25, 0.3) is 5.91 Å². The molecule has 1 rings (SSSR count). The lowest BCUT2D eigenvalue weighted by Gasteiger charge is -2.21. The van der Waals surface area contributed by atoms with Gasteiger partial charge in [-0.3, -0.25) is 4.79 Å². The van der Waals surface area contributed by atoms with Gasteiger partial charge in [-0.25, -0.2) is 0 Å². The highest BCUT2D eigenvalue weighted by atomic mass is 16.5. The first-order chi connectivity index (χ1) is 7.36. The molecule has 0 radical (unpaired) electrons. The molecule has 0 aromatic heterocycles. The molecule has 0 saturated heterocycles. The van der Waals surface area contributed by atoms with Gasteiger partial charge in [-0.15, -0.1) is 0 Å². The van der Waals surface area contributed by atoms with Gasteiger partial charge in [-0.2, -0.15) is 0 Å². The zero-order chi connectivity index (χ0) is 12.3. The van der Waals surface area contributed by atoms with E-state index in [1.165, 1.54) is 7.11 Å². The average Bonchev–Trinajstić information content (AvgIpc) is 2.23. The predicted octanol–water partition coefficient (Wildman–Crippen LogP) is 2.06. The van der Waals surface area contributed by atoms with Gasteiger partial charge in [0.1, 0.15) is 11.4 Å².